The zero-order chi connectivity index (χ0) is 18.2. The second kappa shape index (κ2) is 6.97. The van der Waals surface area contributed by atoms with Crippen LogP contribution in [0, 0.1) is 0 Å². The molecule has 136 valence electrons. The van der Waals surface area contributed by atoms with E-state index in [1.165, 1.54) is 38.0 Å². The molecule has 0 radical (unpaired) electrons. The van der Waals surface area contributed by atoms with Crippen LogP contribution < -0.4 is 0 Å². The number of amides is 1. The summed E-state index contributed by atoms with van der Waals surface area (Å²) in [7, 11) is -0.560. The zero-order valence-corrected chi connectivity index (χ0v) is 16.1. The number of carbonyl (C=O) groups is 1. The Morgan fingerprint density at radius 2 is 2.00 bits per heavy atom. The van der Waals surface area contributed by atoms with Crippen molar-refractivity contribution in [3.05, 3.63) is 18.2 Å². The lowest BCUT2D eigenvalue weighted by Crippen LogP contribution is -2.34. The number of rotatable bonds is 5. The van der Waals surface area contributed by atoms with Crippen LogP contribution in [0.4, 0.5) is 0 Å². The van der Waals surface area contributed by atoms with Crippen molar-refractivity contribution in [1.82, 2.24) is 14.2 Å². The van der Waals surface area contributed by atoms with Crippen LogP contribution in [0.25, 0.3) is 11.1 Å². The van der Waals surface area contributed by atoms with Gasteiger partial charge in [0.25, 0.3) is 5.22 Å². The minimum atomic E-state index is -3.52. The molecular weight excluding hydrogens is 362 g/mol. The molecule has 1 amide bonds. The Bertz CT molecular complexity index is 886. The van der Waals surface area contributed by atoms with Crippen molar-refractivity contribution in [3.63, 3.8) is 0 Å². The van der Waals surface area contributed by atoms with Gasteiger partial charge in [0.1, 0.15) is 5.52 Å². The Morgan fingerprint density at radius 3 is 2.64 bits per heavy atom. The van der Waals surface area contributed by atoms with E-state index in [0.717, 1.165) is 30.2 Å². The maximum atomic E-state index is 12.4. The lowest BCUT2D eigenvalue weighted by Gasteiger charge is -2.18. The third-order valence-electron chi connectivity index (χ3n) is 4.16. The highest BCUT2D eigenvalue weighted by atomic mass is 32.2. The van der Waals surface area contributed by atoms with Crippen LogP contribution in [0.15, 0.2) is 32.7 Å². The third kappa shape index (κ3) is 3.68. The van der Waals surface area contributed by atoms with Crippen LogP contribution in [0.1, 0.15) is 19.8 Å². The van der Waals surface area contributed by atoms with E-state index >= 15 is 0 Å². The van der Waals surface area contributed by atoms with Gasteiger partial charge in [-0.05, 0) is 38.0 Å². The SMILES string of the molecule is C[C@@H](Sc1nc2cc(S(=O)(=O)N(C)C)ccc2o1)C(=O)N1CCCC1. The van der Waals surface area contributed by atoms with Crippen LogP contribution in [-0.2, 0) is 14.8 Å². The third-order valence-corrected chi connectivity index (χ3v) is 6.90. The average molecular weight is 383 g/mol. The van der Waals surface area contributed by atoms with E-state index in [2.05, 4.69) is 4.98 Å². The Labute approximate surface area is 151 Å². The summed E-state index contributed by atoms with van der Waals surface area (Å²) in [6, 6.07) is 4.58. The van der Waals surface area contributed by atoms with Crippen LogP contribution in [0.2, 0.25) is 0 Å². The number of thioether (sulfide) groups is 1. The maximum absolute atomic E-state index is 12.4. The van der Waals surface area contributed by atoms with E-state index in [0.29, 0.717) is 16.3 Å². The smallest absolute Gasteiger partial charge is 0.257 e. The number of sulfonamides is 1. The molecule has 2 aromatic rings. The molecule has 1 aliphatic heterocycles. The molecule has 0 N–H and O–H groups in total. The molecule has 2 heterocycles. The number of aromatic nitrogens is 1. The summed E-state index contributed by atoms with van der Waals surface area (Å²) < 4.78 is 31.2. The summed E-state index contributed by atoms with van der Waals surface area (Å²) in [5.74, 6) is 0.0839. The minimum absolute atomic E-state index is 0.0839. The number of hydrogen-bond donors (Lipinski definition) is 0. The van der Waals surface area contributed by atoms with E-state index in [9.17, 15) is 13.2 Å². The van der Waals surface area contributed by atoms with Crippen LogP contribution in [0.5, 0.6) is 0 Å². The number of fused-ring (bicyclic) bond motifs is 1. The quantitative estimate of drug-likeness (QED) is 0.736. The molecule has 1 aromatic heterocycles. The Kier molecular flexibility index (Phi) is 5.08. The first-order chi connectivity index (χ1) is 11.8. The van der Waals surface area contributed by atoms with Crippen LogP contribution in [-0.4, -0.2) is 60.9 Å². The molecule has 25 heavy (non-hydrogen) atoms. The number of nitrogens with zero attached hydrogens (tertiary/aromatic N) is 3. The predicted octanol–water partition coefficient (Wildman–Crippen LogP) is 2.18. The van der Waals surface area contributed by atoms with Crippen LogP contribution in [0.3, 0.4) is 0 Å². The summed E-state index contributed by atoms with van der Waals surface area (Å²) in [6.45, 7) is 3.45. The molecule has 1 fully saturated rings. The molecule has 0 spiro atoms. The molecule has 9 heteroatoms. The molecule has 7 nitrogen and oxygen atoms in total. The van der Waals surface area contributed by atoms with E-state index in [4.69, 9.17) is 4.42 Å². The molecule has 3 rings (SSSR count). The van der Waals surface area contributed by atoms with Crippen molar-refractivity contribution in [2.75, 3.05) is 27.2 Å². The second-order valence-corrected chi connectivity index (χ2v) is 9.63. The molecule has 0 aliphatic carbocycles. The lowest BCUT2D eigenvalue weighted by atomic mass is 10.3. The van der Waals surface area contributed by atoms with Gasteiger partial charge in [0.15, 0.2) is 5.58 Å². The van der Waals surface area contributed by atoms with Crippen molar-refractivity contribution < 1.29 is 17.6 Å². The van der Waals surface area contributed by atoms with Crippen molar-refractivity contribution in [1.29, 1.82) is 0 Å². The highest BCUT2D eigenvalue weighted by Gasteiger charge is 2.26. The molecule has 1 aromatic carbocycles. The first-order valence-electron chi connectivity index (χ1n) is 8.07. The van der Waals surface area contributed by atoms with Gasteiger partial charge in [0, 0.05) is 27.2 Å². The van der Waals surface area contributed by atoms with Gasteiger partial charge in [0.05, 0.1) is 10.1 Å². The zero-order valence-electron chi connectivity index (χ0n) is 14.4. The number of benzene rings is 1. The fourth-order valence-corrected chi connectivity index (χ4v) is 4.47. The van der Waals surface area contributed by atoms with Crippen LogP contribution >= 0.6 is 11.8 Å². The number of oxazole rings is 1. The number of carbonyl (C=O) groups excluding carboxylic acids is 1. The fourth-order valence-electron chi connectivity index (χ4n) is 2.70. The molecule has 0 bridgehead atoms. The van der Waals surface area contributed by atoms with Gasteiger partial charge in [-0.15, -0.1) is 0 Å². The van der Waals surface area contributed by atoms with E-state index in [1.54, 1.807) is 6.07 Å². The fraction of sp³-hybridized carbons (Fsp3) is 0.500. The molecular formula is C16H21N3O4S2. The highest BCUT2D eigenvalue weighted by molar-refractivity contribution is 8.00. The van der Waals surface area contributed by atoms with Gasteiger partial charge >= 0.3 is 0 Å². The summed E-state index contributed by atoms with van der Waals surface area (Å²) in [4.78, 5) is 18.7. The summed E-state index contributed by atoms with van der Waals surface area (Å²) in [5, 5.41) is 0.0746. The Balaban J connectivity index is 1.80. The molecule has 1 aliphatic rings. The van der Waals surface area contributed by atoms with Gasteiger partial charge in [-0.25, -0.2) is 17.7 Å². The van der Waals surface area contributed by atoms with Crippen molar-refractivity contribution >= 4 is 38.8 Å². The maximum Gasteiger partial charge on any atom is 0.257 e. The minimum Gasteiger partial charge on any atom is -0.431 e. The molecule has 1 atom stereocenters. The molecule has 0 saturated carbocycles. The standard InChI is InChI=1S/C16H21N3O4S2/c1-11(15(20)19-8-4-5-9-19)24-16-17-13-10-12(6-7-14(13)23-16)25(21,22)18(2)3/h6-7,10-11H,4-5,8-9H2,1-3H3/t11-/m1/s1. The number of hydrogen-bond acceptors (Lipinski definition) is 6. The molecule has 0 unspecified atom stereocenters. The van der Waals surface area contributed by atoms with Gasteiger partial charge < -0.3 is 9.32 Å². The van der Waals surface area contributed by atoms with E-state index in [-0.39, 0.29) is 16.1 Å². The summed E-state index contributed by atoms with van der Waals surface area (Å²) in [6.07, 6.45) is 2.10. The Hall–Kier alpha value is -1.58. The highest BCUT2D eigenvalue weighted by Crippen LogP contribution is 2.29. The van der Waals surface area contributed by atoms with Gasteiger partial charge in [0.2, 0.25) is 15.9 Å². The second-order valence-electron chi connectivity index (χ2n) is 6.19. The summed E-state index contributed by atoms with van der Waals surface area (Å²) >= 11 is 1.26. The van der Waals surface area contributed by atoms with Crippen molar-refractivity contribution in [3.8, 4) is 0 Å². The first-order valence-corrected chi connectivity index (χ1v) is 10.4. The lowest BCUT2D eigenvalue weighted by molar-refractivity contribution is -0.129. The van der Waals surface area contributed by atoms with Gasteiger partial charge in [-0.2, -0.15) is 0 Å². The van der Waals surface area contributed by atoms with E-state index in [1.807, 2.05) is 11.8 Å². The topological polar surface area (TPSA) is 83.7 Å². The van der Waals surface area contributed by atoms with E-state index < -0.39 is 10.0 Å². The predicted molar refractivity (Wildman–Crippen MR) is 96.0 cm³/mol. The summed E-state index contributed by atoms with van der Waals surface area (Å²) in [5.41, 5.74) is 0.965. The number of likely N-dealkylation sites (tertiary alicyclic amines) is 1. The van der Waals surface area contributed by atoms with Gasteiger partial charge in [-0.3, -0.25) is 4.79 Å². The first kappa shape index (κ1) is 18.2. The largest absolute Gasteiger partial charge is 0.431 e. The van der Waals surface area contributed by atoms with Crippen molar-refractivity contribution in [2.24, 2.45) is 0 Å². The Morgan fingerprint density at radius 1 is 1.32 bits per heavy atom. The average Bonchev–Trinajstić information content (AvgIpc) is 3.22. The van der Waals surface area contributed by atoms with Crippen molar-refractivity contribution in [2.45, 2.75) is 35.1 Å². The van der Waals surface area contributed by atoms with Gasteiger partial charge in [-0.1, -0.05) is 11.8 Å². The molecule has 1 saturated heterocycles. The monoisotopic (exact) mass is 383 g/mol. The normalized spacial score (nSPS) is 16.7.